The van der Waals surface area contributed by atoms with Crippen molar-refractivity contribution < 1.29 is 5.11 Å². The van der Waals surface area contributed by atoms with Crippen LogP contribution in [-0.4, -0.2) is 15.1 Å². The van der Waals surface area contributed by atoms with Gasteiger partial charge in [-0.3, -0.25) is 0 Å². The number of benzene rings is 1. The van der Waals surface area contributed by atoms with Crippen molar-refractivity contribution >= 4 is 11.0 Å². The number of nitrogens with zero attached hydrogens (tertiary/aromatic N) is 1. The third kappa shape index (κ3) is 0.991. The maximum atomic E-state index is 8.68. The summed E-state index contributed by atoms with van der Waals surface area (Å²) >= 11 is 0. The predicted octanol–water partition coefficient (Wildman–Crippen LogP) is 1.45. The van der Waals surface area contributed by atoms with Crippen LogP contribution in [0.25, 0.3) is 11.0 Å². The summed E-state index contributed by atoms with van der Waals surface area (Å²) < 4.78 is 0. The van der Waals surface area contributed by atoms with Gasteiger partial charge in [-0.05, 0) is 17.7 Å². The normalized spacial score (nSPS) is 10.6. The first kappa shape index (κ1) is 6.37. The van der Waals surface area contributed by atoms with E-state index in [1.165, 1.54) is 0 Å². The van der Waals surface area contributed by atoms with E-state index >= 15 is 0 Å². The Bertz CT molecular complexity index is 367. The molecule has 0 saturated carbocycles. The monoisotopic (exact) mass is 147 g/mol. The van der Waals surface area contributed by atoms with Crippen molar-refractivity contribution in [1.82, 2.24) is 9.97 Å². The average Bonchev–Trinajstić information content (AvgIpc) is 2.50. The van der Waals surface area contributed by atoms with Crippen LogP contribution in [0.3, 0.4) is 0 Å². The van der Waals surface area contributed by atoms with Gasteiger partial charge >= 0.3 is 0 Å². The molecule has 11 heavy (non-hydrogen) atoms. The van der Waals surface area contributed by atoms with Crippen molar-refractivity contribution in [3.05, 3.63) is 36.7 Å². The van der Waals surface area contributed by atoms with Gasteiger partial charge in [0, 0.05) is 0 Å². The number of aromatic nitrogens is 2. The number of hydrogen-bond donors (Lipinski definition) is 2. The maximum Gasteiger partial charge on any atom is 0.109 e. The van der Waals surface area contributed by atoms with Crippen LogP contribution in [0.4, 0.5) is 0 Å². The highest BCUT2D eigenvalue weighted by Crippen LogP contribution is 2.11. The summed E-state index contributed by atoms with van der Waals surface area (Å²) in [6.07, 6.45) is 1.63. The molecule has 55 valence electrons. The van der Waals surface area contributed by atoms with Gasteiger partial charge in [0.15, 0.2) is 0 Å². The number of rotatable bonds is 1. The summed E-state index contributed by atoms with van der Waals surface area (Å²) in [5, 5.41) is 8.68. The maximum absolute atomic E-state index is 8.68. The third-order valence-electron chi connectivity index (χ3n) is 1.59. The van der Waals surface area contributed by atoms with Gasteiger partial charge in [-0.25, -0.2) is 4.98 Å². The molecule has 0 aliphatic heterocycles. The zero-order chi connectivity index (χ0) is 7.68. The molecule has 0 fully saturated rings. The molecular formula is C8H7N2O. The Labute approximate surface area is 63.7 Å². The van der Waals surface area contributed by atoms with Crippen LogP contribution in [0, 0.1) is 6.61 Å². The summed E-state index contributed by atoms with van der Waals surface area (Å²) in [6, 6.07) is 5.50. The number of fused-ring (bicyclic) bond motifs is 1. The number of aromatic amines is 1. The minimum absolute atomic E-state index is 0.779. The summed E-state index contributed by atoms with van der Waals surface area (Å²) in [6.45, 7) is 1.07. The fraction of sp³-hybridized carbons (Fsp3) is 0. The first-order chi connectivity index (χ1) is 5.40. The Morgan fingerprint density at radius 1 is 1.45 bits per heavy atom. The largest absolute Gasteiger partial charge is 0.385 e. The first-order valence-corrected chi connectivity index (χ1v) is 3.31. The molecule has 1 heterocycles. The quantitative estimate of drug-likeness (QED) is 0.641. The van der Waals surface area contributed by atoms with Crippen LogP contribution in [0.2, 0.25) is 0 Å². The Kier molecular flexibility index (Phi) is 1.36. The highest BCUT2D eigenvalue weighted by molar-refractivity contribution is 5.75. The fourth-order valence-electron chi connectivity index (χ4n) is 1.03. The number of aliphatic hydroxyl groups excluding tert-OH is 1. The lowest BCUT2D eigenvalue weighted by Gasteiger charge is -1.92. The van der Waals surface area contributed by atoms with Gasteiger partial charge in [-0.1, -0.05) is 6.07 Å². The van der Waals surface area contributed by atoms with E-state index in [0.717, 1.165) is 23.2 Å². The smallest absolute Gasteiger partial charge is 0.109 e. The van der Waals surface area contributed by atoms with E-state index < -0.39 is 0 Å². The molecule has 0 amide bonds. The van der Waals surface area contributed by atoms with Crippen molar-refractivity contribution in [2.45, 2.75) is 0 Å². The second-order valence-corrected chi connectivity index (χ2v) is 2.31. The molecule has 3 heteroatoms. The van der Waals surface area contributed by atoms with Gasteiger partial charge in [-0.15, -0.1) is 0 Å². The van der Waals surface area contributed by atoms with E-state index in [1.807, 2.05) is 18.2 Å². The number of imidazole rings is 1. The Balaban J connectivity index is 2.67. The van der Waals surface area contributed by atoms with E-state index in [4.69, 9.17) is 5.11 Å². The molecule has 2 rings (SSSR count). The van der Waals surface area contributed by atoms with Gasteiger partial charge in [0.2, 0.25) is 0 Å². The summed E-state index contributed by atoms with van der Waals surface area (Å²) in [5.74, 6) is 0. The number of hydrogen-bond acceptors (Lipinski definition) is 2. The molecule has 1 aromatic heterocycles. The molecule has 1 aromatic carbocycles. The molecule has 0 unspecified atom stereocenters. The molecule has 3 nitrogen and oxygen atoms in total. The van der Waals surface area contributed by atoms with Gasteiger partial charge < -0.3 is 10.1 Å². The highest BCUT2D eigenvalue weighted by Gasteiger charge is 1.95. The Morgan fingerprint density at radius 2 is 2.36 bits per heavy atom. The molecule has 1 radical (unpaired) electrons. The van der Waals surface area contributed by atoms with Crippen LogP contribution >= 0.6 is 0 Å². The number of aliphatic hydroxyl groups is 1. The lowest BCUT2D eigenvalue weighted by atomic mass is 10.2. The molecule has 0 aliphatic rings. The van der Waals surface area contributed by atoms with E-state index in [1.54, 1.807) is 6.33 Å². The fourth-order valence-corrected chi connectivity index (χ4v) is 1.03. The molecule has 0 aliphatic carbocycles. The molecule has 2 N–H and O–H groups in total. The number of H-pyrrole nitrogens is 1. The van der Waals surface area contributed by atoms with E-state index in [0.29, 0.717) is 0 Å². The molecule has 0 saturated heterocycles. The minimum Gasteiger partial charge on any atom is -0.385 e. The van der Waals surface area contributed by atoms with Gasteiger partial charge in [0.1, 0.15) is 6.61 Å². The average molecular weight is 147 g/mol. The molecule has 0 bridgehead atoms. The van der Waals surface area contributed by atoms with Crippen molar-refractivity contribution in [3.8, 4) is 0 Å². The zero-order valence-corrected chi connectivity index (χ0v) is 5.78. The zero-order valence-electron chi connectivity index (χ0n) is 5.78. The lowest BCUT2D eigenvalue weighted by Crippen LogP contribution is -1.78. The van der Waals surface area contributed by atoms with E-state index in [-0.39, 0.29) is 0 Å². The SMILES string of the molecule is O[CH]c1ccc2nc[nH]c2c1. The minimum atomic E-state index is 0.779. The van der Waals surface area contributed by atoms with Gasteiger partial charge in [0.05, 0.1) is 17.4 Å². The first-order valence-electron chi connectivity index (χ1n) is 3.31. The van der Waals surface area contributed by atoms with E-state index in [9.17, 15) is 0 Å². The second kappa shape index (κ2) is 2.36. The van der Waals surface area contributed by atoms with Crippen LogP contribution in [0.5, 0.6) is 0 Å². The van der Waals surface area contributed by atoms with Crippen LogP contribution in [-0.2, 0) is 0 Å². The van der Waals surface area contributed by atoms with Crippen molar-refractivity contribution in [1.29, 1.82) is 0 Å². The molecule has 0 spiro atoms. The Hall–Kier alpha value is -1.35. The van der Waals surface area contributed by atoms with Crippen LogP contribution < -0.4 is 0 Å². The highest BCUT2D eigenvalue weighted by atomic mass is 16.3. The molecule has 2 aromatic rings. The standard InChI is InChI=1S/C8H7N2O/c11-4-6-1-2-7-8(3-6)10-5-9-7/h1-5,11H,(H,9,10). The molecular weight excluding hydrogens is 140 g/mol. The van der Waals surface area contributed by atoms with Crippen molar-refractivity contribution in [2.24, 2.45) is 0 Å². The van der Waals surface area contributed by atoms with Gasteiger partial charge in [-0.2, -0.15) is 0 Å². The van der Waals surface area contributed by atoms with E-state index in [2.05, 4.69) is 9.97 Å². The van der Waals surface area contributed by atoms with Gasteiger partial charge in [0.25, 0.3) is 0 Å². The predicted molar refractivity (Wildman–Crippen MR) is 41.4 cm³/mol. The third-order valence-corrected chi connectivity index (χ3v) is 1.59. The second-order valence-electron chi connectivity index (χ2n) is 2.31. The Morgan fingerprint density at radius 3 is 3.18 bits per heavy atom. The molecule has 0 atom stereocenters. The lowest BCUT2D eigenvalue weighted by molar-refractivity contribution is 0.415. The van der Waals surface area contributed by atoms with Crippen molar-refractivity contribution in [3.63, 3.8) is 0 Å². The summed E-state index contributed by atoms with van der Waals surface area (Å²) in [5.41, 5.74) is 2.63. The van der Waals surface area contributed by atoms with Crippen LogP contribution in [0.15, 0.2) is 24.5 Å². The van der Waals surface area contributed by atoms with Crippen LogP contribution in [0.1, 0.15) is 5.56 Å². The topological polar surface area (TPSA) is 48.9 Å². The number of nitrogens with one attached hydrogen (secondary N) is 1. The summed E-state index contributed by atoms with van der Waals surface area (Å²) in [4.78, 5) is 7.00. The summed E-state index contributed by atoms with van der Waals surface area (Å²) in [7, 11) is 0. The van der Waals surface area contributed by atoms with Crippen molar-refractivity contribution in [2.75, 3.05) is 0 Å².